The van der Waals surface area contributed by atoms with Gasteiger partial charge in [0.15, 0.2) is 0 Å². The van der Waals surface area contributed by atoms with E-state index in [0.29, 0.717) is 6.54 Å². The van der Waals surface area contributed by atoms with Gasteiger partial charge < -0.3 is 10.3 Å². The third-order valence-electron chi connectivity index (χ3n) is 3.50. The number of pyridine rings is 1. The van der Waals surface area contributed by atoms with Crippen LogP contribution in [0.4, 0.5) is 0 Å². The molecule has 1 aromatic rings. The Labute approximate surface area is 89.9 Å². The molecular weight excluding hydrogens is 188 g/mol. The molecule has 1 aliphatic carbocycles. The highest BCUT2D eigenvalue weighted by Gasteiger charge is 2.32. The molecule has 0 aromatic carbocycles. The van der Waals surface area contributed by atoms with Crippen molar-refractivity contribution in [3.63, 3.8) is 0 Å². The van der Waals surface area contributed by atoms with Gasteiger partial charge in [0, 0.05) is 24.2 Å². The average molecular weight is 206 g/mol. The third kappa shape index (κ3) is 2.12. The zero-order valence-electron chi connectivity index (χ0n) is 8.98. The smallest absolute Gasteiger partial charge is 0.250 e. The molecule has 0 radical (unpaired) electrons. The molecule has 0 unspecified atom stereocenters. The molecule has 1 fully saturated rings. The molecule has 0 saturated heterocycles. The fourth-order valence-electron chi connectivity index (χ4n) is 2.50. The van der Waals surface area contributed by atoms with E-state index < -0.39 is 0 Å². The van der Waals surface area contributed by atoms with Crippen LogP contribution in [0.3, 0.4) is 0 Å². The summed E-state index contributed by atoms with van der Waals surface area (Å²) in [5.74, 6) is 0. The molecule has 1 aliphatic rings. The molecule has 0 amide bonds. The normalized spacial score (nSPS) is 19.3. The number of hydrogen-bond acceptors (Lipinski definition) is 2. The van der Waals surface area contributed by atoms with E-state index in [1.807, 2.05) is 12.3 Å². The minimum atomic E-state index is 0.0808. The Morgan fingerprint density at radius 2 is 2.07 bits per heavy atom. The minimum Gasteiger partial charge on any atom is -0.330 e. The first-order chi connectivity index (χ1) is 7.26. The maximum Gasteiger partial charge on any atom is 0.250 e. The summed E-state index contributed by atoms with van der Waals surface area (Å²) in [7, 11) is 0. The Morgan fingerprint density at radius 3 is 2.67 bits per heavy atom. The summed E-state index contributed by atoms with van der Waals surface area (Å²) in [5, 5.41) is 0. The van der Waals surface area contributed by atoms with Gasteiger partial charge in [-0.15, -0.1) is 0 Å². The lowest BCUT2D eigenvalue weighted by Crippen LogP contribution is -2.35. The maximum absolute atomic E-state index is 11.6. The van der Waals surface area contributed by atoms with Gasteiger partial charge in [-0.1, -0.05) is 18.9 Å². The van der Waals surface area contributed by atoms with Crippen molar-refractivity contribution in [2.75, 3.05) is 6.54 Å². The van der Waals surface area contributed by atoms with Crippen molar-refractivity contribution >= 4 is 0 Å². The van der Waals surface area contributed by atoms with Crippen molar-refractivity contribution in [3.05, 3.63) is 34.7 Å². The van der Waals surface area contributed by atoms with Gasteiger partial charge >= 0.3 is 0 Å². The molecule has 82 valence electrons. The van der Waals surface area contributed by atoms with Gasteiger partial charge in [-0.3, -0.25) is 4.79 Å². The van der Waals surface area contributed by atoms with Crippen LogP contribution in [0.1, 0.15) is 25.7 Å². The van der Waals surface area contributed by atoms with Gasteiger partial charge in [0.05, 0.1) is 0 Å². The Hall–Kier alpha value is -1.09. The van der Waals surface area contributed by atoms with E-state index in [-0.39, 0.29) is 11.0 Å². The standard InChI is InChI=1S/C12H18N2O/c13-9-12(6-2-3-7-12)10-14-8-4-1-5-11(14)15/h1,4-5,8H,2-3,6-7,9-10,13H2. The summed E-state index contributed by atoms with van der Waals surface area (Å²) in [6, 6.07) is 5.29. The van der Waals surface area contributed by atoms with Crippen LogP contribution >= 0.6 is 0 Å². The van der Waals surface area contributed by atoms with Crippen LogP contribution in [0.25, 0.3) is 0 Å². The highest BCUT2D eigenvalue weighted by atomic mass is 16.1. The summed E-state index contributed by atoms with van der Waals surface area (Å²) in [4.78, 5) is 11.6. The maximum atomic E-state index is 11.6. The molecule has 15 heavy (non-hydrogen) atoms. The fourth-order valence-corrected chi connectivity index (χ4v) is 2.50. The fraction of sp³-hybridized carbons (Fsp3) is 0.583. The average Bonchev–Trinajstić information content (AvgIpc) is 2.71. The van der Waals surface area contributed by atoms with Crippen LogP contribution in [0.15, 0.2) is 29.2 Å². The zero-order chi connectivity index (χ0) is 10.7. The van der Waals surface area contributed by atoms with E-state index in [0.717, 1.165) is 19.4 Å². The lowest BCUT2D eigenvalue weighted by molar-refractivity contribution is 0.255. The highest BCUT2D eigenvalue weighted by molar-refractivity contribution is 4.96. The largest absolute Gasteiger partial charge is 0.330 e. The summed E-state index contributed by atoms with van der Waals surface area (Å²) in [5.41, 5.74) is 6.10. The van der Waals surface area contributed by atoms with Crippen LogP contribution in [0.2, 0.25) is 0 Å². The number of rotatable bonds is 3. The number of aromatic nitrogens is 1. The summed E-state index contributed by atoms with van der Waals surface area (Å²) < 4.78 is 1.79. The summed E-state index contributed by atoms with van der Waals surface area (Å²) in [6.45, 7) is 1.47. The molecule has 0 aliphatic heterocycles. The second-order valence-electron chi connectivity index (χ2n) is 4.58. The highest BCUT2D eigenvalue weighted by Crippen LogP contribution is 2.38. The predicted octanol–water partition coefficient (Wildman–Crippen LogP) is 1.37. The molecule has 2 N–H and O–H groups in total. The topological polar surface area (TPSA) is 48.0 Å². The van der Waals surface area contributed by atoms with Gasteiger partial charge in [0.25, 0.3) is 5.56 Å². The molecule has 3 heteroatoms. The van der Waals surface area contributed by atoms with Crippen LogP contribution in [-0.2, 0) is 6.54 Å². The molecule has 1 aromatic heterocycles. The lowest BCUT2D eigenvalue weighted by Gasteiger charge is -2.27. The number of nitrogens with zero attached hydrogens (tertiary/aromatic N) is 1. The van der Waals surface area contributed by atoms with E-state index in [1.54, 1.807) is 16.7 Å². The SMILES string of the molecule is NCC1(Cn2ccccc2=O)CCCC1. The van der Waals surface area contributed by atoms with E-state index in [9.17, 15) is 4.79 Å². The van der Waals surface area contributed by atoms with Crippen molar-refractivity contribution in [1.29, 1.82) is 0 Å². The van der Waals surface area contributed by atoms with Crippen molar-refractivity contribution < 1.29 is 0 Å². The first kappa shape index (κ1) is 10.4. The van der Waals surface area contributed by atoms with Gasteiger partial charge in [-0.05, 0) is 25.5 Å². The van der Waals surface area contributed by atoms with Crippen molar-refractivity contribution in [2.24, 2.45) is 11.1 Å². The van der Waals surface area contributed by atoms with E-state index in [1.165, 1.54) is 12.8 Å². The third-order valence-corrected chi connectivity index (χ3v) is 3.50. The quantitative estimate of drug-likeness (QED) is 0.812. The van der Waals surface area contributed by atoms with Crippen molar-refractivity contribution in [2.45, 2.75) is 32.2 Å². The van der Waals surface area contributed by atoms with Crippen LogP contribution < -0.4 is 11.3 Å². The van der Waals surface area contributed by atoms with E-state index in [4.69, 9.17) is 5.73 Å². The first-order valence-electron chi connectivity index (χ1n) is 5.61. The van der Waals surface area contributed by atoms with Crippen LogP contribution in [-0.4, -0.2) is 11.1 Å². The molecule has 0 spiro atoms. The Bertz CT molecular complexity index is 377. The molecule has 2 rings (SSSR count). The summed E-state index contributed by atoms with van der Waals surface area (Å²) >= 11 is 0. The molecule has 3 nitrogen and oxygen atoms in total. The van der Waals surface area contributed by atoms with E-state index in [2.05, 4.69) is 0 Å². The van der Waals surface area contributed by atoms with Gasteiger partial charge in [0.1, 0.15) is 0 Å². The molecule has 0 bridgehead atoms. The molecule has 1 saturated carbocycles. The lowest BCUT2D eigenvalue weighted by atomic mass is 9.86. The molecular formula is C12H18N2O. The molecule has 0 atom stereocenters. The number of nitrogens with two attached hydrogens (primary N) is 1. The van der Waals surface area contributed by atoms with Crippen LogP contribution in [0, 0.1) is 5.41 Å². The second-order valence-corrected chi connectivity index (χ2v) is 4.58. The summed E-state index contributed by atoms with van der Waals surface area (Å²) in [6.07, 6.45) is 6.67. The second kappa shape index (κ2) is 4.19. The zero-order valence-corrected chi connectivity index (χ0v) is 8.98. The monoisotopic (exact) mass is 206 g/mol. The Balaban J connectivity index is 2.20. The Morgan fingerprint density at radius 1 is 1.33 bits per heavy atom. The van der Waals surface area contributed by atoms with Gasteiger partial charge in [0.2, 0.25) is 0 Å². The minimum absolute atomic E-state index is 0.0808. The van der Waals surface area contributed by atoms with Crippen LogP contribution in [0.5, 0.6) is 0 Å². The predicted molar refractivity (Wildman–Crippen MR) is 60.7 cm³/mol. The van der Waals surface area contributed by atoms with Gasteiger partial charge in [-0.25, -0.2) is 0 Å². The molecule has 1 heterocycles. The van der Waals surface area contributed by atoms with E-state index >= 15 is 0 Å². The first-order valence-corrected chi connectivity index (χ1v) is 5.61. The van der Waals surface area contributed by atoms with Crippen molar-refractivity contribution in [3.8, 4) is 0 Å². The van der Waals surface area contributed by atoms with Crippen molar-refractivity contribution in [1.82, 2.24) is 4.57 Å². The number of hydrogen-bond donors (Lipinski definition) is 1. The Kier molecular flexibility index (Phi) is 2.91. The van der Waals surface area contributed by atoms with Gasteiger partial charge in [-0.2, -0.15) is 0 Å².